The minimum absolute atomic E-state index is 0.376. The number of halogens is 3. The molecule has 0 aliphatic heterocycles. The van der Waals surface area contributed by atoms with Crippen molar-refractivity contribution in [1.29, 1.82) is 0 Å². The lowest BCUT2D eigenvalue weighted by molar-refractivity contribution is -0.139. The quantitative estimate of drug-likeness (QED) is 0.294. The second-order valence-corrected chi connectivity index (χ2v) is 8.65. The van der Waals surface area contributed by atoms with E-state index in [1.54, 1.807) is 28.7 Å². The number of aryl methyl sites for hydroxylation is 1. The largest absolute Gasteiger partial charge is 0.482 e. The van der Waals surface area contributed by atoms with Crippen LogP contribution in [0.2, 0.25) is 0 Å². The summed E-state index contributed by atoms with van der Waals surface area (Å²) in [7, 11) is 0. The van der Waals surface area contributed by atoms with Gasteiger partial charge in [-0.25, -0.2) is 9.48 Å². The minimum Gasteiger partial charge on any atom is -0.482 e. The number of carbonyl (C=O) groups is 1. The second kappa shape index (κ2) is 9.80. The smallest absolute Gasteiger partial charge is 0.416 e. The topological polar surface area (TPSA) is 64.4 Å². The number of hydrogen-bond acceptors (Lipinski definition) is 4. The Morgan fingerprint density at radius 1 is 1.09 bits per heavy atom. The molecule has 9 heteroatoms. The van der Waals surface area contributed by atoms with E-state index in [9.17, 15) is 18.0 Å². The fraction of sp³-hybridized carbons (Fsp3) is 0.200. The molecule has 0 aliphatic rings. The second-order valence-electron chi connectivity index (χ2n) is 7.61. The maximum atomic E-state index is 12.8. The van der Waals surface area contributed by atoms with Crippen molar-refractivity contribution in [2.45, 2.75) is 30.2 Å². The standard InChI is InChI=1S/C25H21F3N2O3S/c1-2-17-12-21(9-10-23(17)33-14-24(31)32)34-15-16-3-4-18-13-30(29-22(18)11-16)20-7-5-19(6-8-20)25(26,27)28/h3-13H,2,14-15H2,1H3,(H,31,32). The van der Waals surface area contributed by atoms with Crippen molar-refractivity contribution < 1.29 is 27.8 Å². The molecule has 0 spiro atoms. The lowest BCUT2D eigenvalue weighted by atomic mass is 10.1. The predicted octanol–water partition coefficient (Wildman–Crippen LogP) is 6.36. The van der Waals surface area contributed by atoms with Crippen LogP contribution in [0.1, 0.15) is 23.6 Å². The van der Waals surface area contributed by atoms with Gasteiger partial charge >= 0.3 is 12.1 Å². The number of ether oxygens (including phenoxy) is 1. The first kappa shape index (κ1) is 23.7. The molecule has 0 radical (unpaired) electrons. The van der Waals surface area contributed by atoms with Gasteiger partial charge in [-0.2, -0.15) is 18.3 Å². The summed E-state index contributed by atoms with van der Waals surface area (Å²) in [6.07, 6.45) is -1.86. The summed E-state index contributed by atoms with van der Waals surface area (Å²) >= 11 is 1.64. The van der Waals surface area contributed by atoms with Gasteiger partial charge in [-0.1, -0.05) is 19.1 Å². The Morgan fingerprint density at radius 3 is 2.53 bits per heavy atom. The highest BCUT2D eigenvalue weighted by Crippen LogP contribution is 2.31. The lowest BCUT2D eigenvalue weighted by Gasteiger charge is -2.11. The monoisotopic (exact) mass is 486 g/mol. The first-order valence-corrected chi connectivity index (χ1v) is 11.5. The van der Waals surface area contributed by atoms with Crippen LogP contribution >= 0.6 is 11.8 Å². The Labute approximate surface area is 198 Å². The van der Waals surface area contributed by atoms with Crippen molar-refractivity contribution in [3.63, 3.8) is 0 Å². The number of hydrogen-bond donors (Lipinski definition) is 1. The number of carboxylic acids is 1. The number of alkyl halides is 3. The van der Waals surface area contributed by atoms with E-state index in [1.165, 1.54) is 12.1 Å². The van der Waals surface area contributed by atoms with E-state index < -0.39 is 17.7 Å². The van der Waals surface area contributed by atoms with Crippen LogP contribution in [0.15, 0.2) is 71.8 Å². The van der Waals surface area contributed by atoms with Gasteiger partial charge in [0.2, 0.25) is 0 Å². The average Bonchev–Trinajstić information content (AvgIpc) is 3.24. The third-order valence-electron chi connectivity index (χ3n) is 5.20. The molecule has 0 bridgehead atoms. The van der Waals surface area contributed by atoms with Crippen LogP contribution in [0.3, 0.4) is 0 Å². The molecule has 0 amide bonds. The van der Waals surface area contributed by atoms with Crippen molar-refractivity contribution in [2.24, 2.45) is 0 Å². The molecular formula is C25H21F3N2O3S. The molecule has 0 unspecified atom stereocenters. The maximum Gasteiger partial charge on any atom is 0.416 e. The van der Waals surface area contributed by atoms with Gasteiger partial charge in [0.1, 0.15) is 5.75 Å². The number of carboxylic acid groups (broad SMARTS) is 1. The molecule has 0 saturated heterocycles. The number of aromatic nitrogens is 2. The number of fused-ring (bicyclic) bond motifs is 1. The number of aliphatic carboxylic acids is 1. The fourth-order valence-electron chi connectivity index (χ4n) is 3.46. The van der Waals surface area contributed by atoms with Gasteiger partial charge < -0.3 is 9.84 Å². The average molecular weight is 487 g/mol. The van der Waals surface area contributed by atoms with Crippen molar-refractivity contribution in [1.82, 2.24) is 9.78 Å². The van der Waals surface area contributed by atoms with Gasteiger partial charge in [0, 0.05) is 22.2 Å². The van der Waals surface area contributed by atoms with Crippen molar-refractivity contribution >= 4 is 28.6 Å². The van der Waals surface area contributed by atoms with E-state index in [1.807, 2.05) is 37.3 Å². The molecule has 0 aliphatic carbocycles. The van der Waals surface area contributed by atoms with Crippen molar-refractivity contribution in [3.8, 4) is 11.4 Å². The van der Waals surface area contributed by atoms with Crippen LogP contribution in [-0.4, -0.2) is 27.5 Å². The zero-order valence-electron chi connectivity index (χ0n) is 18.2. The van der Waals surface area contributed by atoms with Crippen LogP contribution in [0.4, 0.5) is 13.2 Å². The van der Waals surface area contributed by atoms with Crippen LogP contribution in [0.25, 0.3) is 16.6 Å². The van der Waals surface area contributed by atoms with Gasteiger partial charge in [-0.3, -0.25) is 0 Å². The summed E-state index contributed by atoms with van der Waals surface area (Å²) < 4.78 is 45.3. The van der Waals surface area contributed by atoms with E-state index in [4.69, 9.17) is 9.84 Å². The Morgan fingerprint density at radius 2 is 1.85 bits per heavy atom. The van der Waals surface area contributed by atoms with E-state index in [2.05, 4.69) is 5.10 Å². The van der Waals surface area contributed by atoms with Crippen LogP contribution in [0, 0.1) is 0 Å². The van der Waals surface area contributed by atoms with E-state index in [-0.39, 0.29) is 6.61 Å². The van der Waals surface area contributed by atoms with Crippen LogP contribution in [-0.2, 0) is 23.1 Å². The molecule has 1 aromatic heterocycles. The fourth-order valence-corrected chi connectivity index (χ4v) is 4.36. The number of benzene rings is 3. The third kappa shape index (κ3) is 5.53. The van der Waals surface area contributed by atoms with Gasteiger partial charge in [0.05, 0.1) is 16.8 Å². The Bertz CT molecular complexity index is 1320. The zero-order chi connectivity index (χ0) is 24.3. The molecule has 0 fully saturated rings. The highest BCUT2D eigenvalue weighted by Gasteiger charge is 2.30. The molecule has 4 aromatic rings. The van der Waals surface area contributed by atoms with Gasteiger partial charge in [0.15, 0.2) is 6.61 Å². The normalized spacial score (nSPS) is 11.6. The molecule has 0 atom stereocenters. The SMILES string of the molecule is CCc1cc(SCc2ccc3cn(-c4ccc(C(F)(F)F)cc4)nc3c2)ccc1OCC(=O)O. The highest BCUT2D eigenvalue weighted by atomic mass is 32.2. The summed E-state index contributed by atoms with van der Waals surface area (Å²) in [4.78, 5) is 11.8. The molecule has 4 rings (SSSR count). The minimum atomic E-state index is -4.37. The molecule has 1 N–H and O–H groups in total. The zero-order valence-corrected chi connectivity index (χ0v) is 19.0. The molecular weight excluding hydrogens is 465 g/mol. The van der Waals surface area contributed by atoms with Gasteiger partial charge in [-0.05, 0) is 66.1 Å². The summed E-state index contributed by atoms with van der Waals surface area (Å²) in [5.74, 6) is 0.253. The molecule has 1 heterocycles. The summed E-state index contributed by atoms with van der Waals surface area (Å²) in [6.45, 7) is 1.61. The summed E-state index contributed by atoms with van der Waals surface area (Å²) in [6, 6.07) is 16.5. The van der Waals surface area contributed by atoms with Crippen LogP contribution in [0.5, 0.6) is 5.75 Å². The van der Waals surface area contributed by atoms with Crippen molar-refractivity contribution in [3.05, 3.63) is 83.6 Å². The highest BCUT2D eigenvalue weighted by molar-refractivity contribution is 7.98. The number of nitrogens with zero attached hydrogens (tertiary/aromatic N) is 2. The van der Waals surface area contributed by atoms with Gasteiger partial charge in [0.25, 0.3) is 0 Å². The number of thioether (sulfide) groups is 1. The molecule has 0 saturated carbocycles. The van der Waals surface area contributed by atoms with Crippen LogP contribution < -0.4 is 4.74 Å². The summed E-state index contributed by atoms with van der Waals surface area (Å²) in [5, 5.41) is 14.2. The van der Waals surface area contributed by atoms with E-state index in [0.29, 0.717) is 17.2 Å². The Hall–Kier alpha value is -3.46. The Kier molecular flexibility index (Phi) is 6.83. The maximum absolute atomic E-state index is 12.8. The first-order chi connectivity index (χ1) is 16.2. The number of rotatable bonds is 8. The van der Waals surface area contributed by atoms with Gasteiger partial charge in [-0.15, -0.1) is 11.8 Å². The molecule has 34 heavy (non-hydrogen) atoms. The van der Waals surface area contributed by atoms with Crippen molar-refractivity contribution in [2.75, 3.05) is 6.61 Å². The lowest BCUT2D eigenvalue weighted by Crippen LogP contribution is -2.10. The predicted molar refractivity (Wildman–Crippen MR) is 125 cm³/mol. The molecule has 176 valence electrons. The Balaban J connectivity index is 1.47. The summed E-state index contributed by atoms with van der Waals surface area (Å²) in [5.41, 5.74) is 2.61. The van der Waals surface area contributed by atoms with E-state index >= 15 is 0 Å². The van der Waals surface area contributed by atoms with E-state index in [0.717, 1.165) is 45.5 Å². The third-order valence-corrected chi connectivity index (χ3v) is 6.27. The molecule has 5 nitrogen and oxygen atoms in total. The molecule has 3 aromatic carbocycles. The first-order valence-electron chi connectivity index (χ1n) is 10.5.